The lowest BCUT2D eigenvalue weighted by atomic mass is 9.80. The van der Waals surface area contributed by atoms with E-state index in [4.69, 9.17) is 20.9 Å². The highest BCUT2D eigenvalue weighted by atomic mass is 35.5. The summed E-state index contributed by atoms with van der Waals surface area (Å²) in [7, 11) is -0.432. The van der Waals surface area contributed by atoms with Gasteiger partial charge in [0.2, 0.25) is 0 Å². The number of halogens is 1. The maximum absolute atomic E-state index is 6.11. The lowest BCUT2D eigenvalue weighted by Gasteiger charge is -2.32. The Morgan fingerprint density at radius 3 is 2.28 bits per heavy atom. The summed E-state index contributed by atoms with van der Waals surface area (Å²) in [5.41, 5.74) is 0.767. The van der Waals surface area contributed by atoms with Gasteiger partial charge in [0.15, 0.2) is 0 Å². The molecule has 0 N–H and O–H groups in total. The molecule has 1 aromatic heterocycles. The van der Waals surface area contributed by atoms with Crippen molar-refractivity contribution in [3.63, 3.8) is 0 Å². The van der Waals surface area contributed by atoms with E-state index in [2.05, 4.69) is 11.6 Å². The van der Waals surface area contributed by atoms with Crippen molar-refractivity contribution in [1.29, 1.82) is 0 Å². The normalized spacial score (nSPS) is 21.1. The van der Waals surface area contributed by atoms with Gasteiger partial charge in [0.25, 0.3) is 0 Å². The molecular formula is C13H17BClNO2. The molecule has 0 radical (unpaired) electrons. The van der Waals surface area contributed by atoms with Crippen LogP contribution < -0.4 is 5.46 Å². The van der Waals surface area contributed by atoms with Crippen LogP contribution in [-0.2, 0) is 9.31 Å². The van der Waals surface area contributed by atoms with Crippen LogP contribution in [0, 0.1) is 0 Å². The molecule has 0 saturated carbocycles. The second-order valence-corrected chi connectivity index (χ2v) is 5.84. The summed E-state index contributed by atoms with van der Waals surface area (Å²) in [4.78, 5) is 4.23. The molecule has 1 aliphatic heterocycles. The highest BCUT2D eigenvalue weighted by Crippen LogP contribution is 2.36. The molecule has 0 amide bonds. The molecule has 1 saturated heterocycles. The molecule has 2 heterocycles. The molecule has 2 rings (SSSR count). The predicted octanol–water partition coefficient (Wildman–Crippen LogP) is 2.68. The largest absolute Gasteiger partial charge is 0.496 e. The first kappa shape index (κ1) is 13.6. The van der Waals surface area contributed by atoms with Crippen LogP contribution >= 0.6 is 11.6 Å². The van der Waals surface area contributed by atoms with Crippen LogP contribution in [0.2, 0.25) is 5.02 Å². The van der Waals surface area contributed by atoms with Crippen molar-refractivity contribution < 1.29 is 9.31 Å². The minimum atomic E-state index is -0.432. The topological polar surface area (TPSA) is 31.4 Å². The molecule has 0 bridgehead atoms. The summed E-state index contributed by atoms with van der Waals surface area (Å²) in [6.45, 7) is 11.7. The van der Waals surface area contributed by atoms with Gasteiger partial charge < -0.3 is 9.31 Å². The predicted molar refractivity (Wildman–Crippen MR) is 75.1 cm³/mol. The van der Waals surface area contributed by atoms with E-state index in [1.807, 2.05) is 33.8 Å². The number of hydrogen-bond donors (Lipinski definition) is 0. The summed E-state index contributed by atoms with van der Waals surface area (Å²) in [6.07, 6.45) is 3.33. The Labute approximate surface area is 113 Å². The molecule has 0 aliphatic carbocycles. The minimum absolute atomic E-state index is 0.360. The van der Waals surface area contributed by atoms with Crippen molar-refractivity contribution in [3.8, 4) is 0 Å². The number of aromatic nitrogens is 1. The lowest BCUT2D eigenvalue weighted by Crippen LogP contribution is -2.41. The summed E-state index contributed by atoms with van der Waals surface area (Å²) < 4.78 is 11.9. The Hall–Kier alpha value is -0.835. The van der Waals surface area contributed by atoms with E-state index in [0.29, 0.717) is 10.7 Å². The third kappa shape index (κ3) is 2.20. The standard InChI is InChI=1S/C13H17BClNO2/c1-6-11-10(15)7-9(8-16-11)14-17-12(2,3)13(4,5)18-14/h6-8H,1H2,2-5H3. The van der Waals surface area contributed by atoms with Crippen LogP contribution in [0.25, 0.3) is 6.08 Å². The second kappa shape index (κ2) is 4.37. The highest BCUT2D eigenvalue weighted by Gasteiger charge is 2.51. The number of rotatable bonds is 2. The van der Waals surface area contributed by atoms with E-state index >= 15 is 0 Å². The van der Waals surface area contributed by atoms with Crippen molar-refractivity contribution in [2.24, 2.45) is 0 Å². The van der Waals surface area contributed by atoms with Crippen LogP contribution in [-0.4, -0.2) is 23.3 Å². The molecule has 1 fully saturated rings. The molecule has 0 atom stereocenters. The Bertz CT molecular complexity index is 472. The van der Waals surface area contributed by atoms with E-state index in [1.165, 1.54) is 0 Å². The maximum atomic E-state index is 6.11. The fourth-order valence-corrected chi connectivity index (χ4v) is 1.97. The van der Waals surface area contributed by atoms with Crippen LogP contribution in [0.3, 0.4) is 0 Å². The quantitative estimate of drug-likeness (QED) is 0.771. The van der Waals surface area contributed by atoms with Gasteiger partial charge in [-0.3, -0.25) is 4.98 Å². The zero-order valence-electron chi connectivity index (χ0n) is 11.2. The van der Waals surface area contributed by atoms with E-state index in [-0.39, 0.29) is 11.2 Å². The third-order valence-electron chi connectivity index (χ3n) is 3.61. The van der Waals surface area contributed by atoms with Crippen LogP contribution in [0.1, 0.15) is 33.4 Å². The molecule has 0 spiro atoms. The summed E-state index contributed by atoms with van der Waals surface area (Å²) >= 11 is 6.11. The van der Waals surface area contributed by atoms with E-state index < -0.39 is 7.12 Å². The molecular weight excluding hydrogens is 248 g/mol. The number of hydrogen-bond acceptors (Lipinski definition) is 3. The lowest BCUT2D eigenvalue weighted by molar-refractivity contribution is 0.00578. The third-order valence-corrected chi connectivity index (χ3v) is 3.91. The van der Waals surface area contributed by atoms with Crippen molar-refractivity contribution >= 4 is 30.3 Å². The monoisotopic (exact) mass is 265 g/mol. The number of pyridine rings is 1. The van der Waals surface area contributed by atoms with Crippen LogP contribution in [0.4, 0.5) is 0 Å². The van der Waals surface area contributed by atoms with Crippen molar-refractivity contribution in [3.05, 3.63) is 29.6 Å². The van der Waals surface area contributed by atoms with Gasteiger partial charge >= 0.3 is 7.12 Å². The van der Waals surface area contributed by atoms with Gasteiger partial charge in [0.05, 0.1) is 21.9 Å². The molecule has 18 heavy (non-hydrogen) atoms. The fraction of sp³-hybridized carbons (Fsp3) is 0.462. The smallest absolute Gasteiger partial charge is 0.399 e. The Kier molecular flexibility index (Phi) is 3.30. The van der Waals surface area contributed by atoms with Crippen LogP contribution in [0.15, 0.2) is 18.8 Å². The van der Waals surface area contributed by atoms with Gasteiger partial charge in [0, 0.05) is 11.7 Å². The molecule has 0 aromatic carbocycles. The molecule has 1 aliphatic rings. The zero-order chi connectivity index (χ0) is 13.6. The first-order chi connectivity index (χ1) is 8.27. The van der Waals surface area contributed by atoms with Gasteiger partial charge in [0.1, 0.15) is 0 Å². The van der Waals surface area contributed by atoms with Gasteiger partial charge in [-0.2, -0.15) is 0 Å². The van der Waals surface area contributed by atoms with Crippen LogP contribution in [0.5, 0.6) is 0 Å². The van der Waals surface area contributed by atoms with Gasteiger partial charge in [-0.05, 0) is 39.8 Å². The van der Waals surface area contributed by atoms with Gasteiger partial charge in [-0.15, -0.1) is 0 Å². The van der Waals surface area contributed by atoms with Crippen molar-refractivity contribution in [2.75, 3.05) is 0 Å². The van der Waals surface area contributed by atoms with E-state index in [9.17, 15) is 0 Å². The van der Waals surface area contributed by atoms with Gasteiger partial charge in [-0.1, -0.05) is 18.2 Å². The van der Waals surface area contributed by atoms with E-state index in [0.717, 1.165) is 5.46 Å². The first-order valence-electron chi connectivity index (χ1n) is 5.90. The Balaban J connectivity index is 2.30. The molecule has 96 valence electrons. The molecule has 3 nitrogen and oxygen atoms in total. The molecule has 0 unspecified atom stereocenters. The zero-order valence-corrected chi connectivity index (χ0v) is 11.9. The van der Waals surface area contributed by atoms with Crippen molar-refractivity contribution in [1.82, 2.24) is 4.98 Å². The average Bonchev–Trinajstić information content (AvgIpc) is 2.48. The van der Waals surface area contributed by atoms with Crippen molar-refractivity contribution in [2.45, 2.75) is 38.9 Å². The fourth-order valence-electron chi connectivity index (χ4n) is 1.72. The Morgan fingerprint density at radius 2 is 1.83 bits per heavy atom. The highest BCUT2D eigenvalue weighted by molar-refractivity contribution is 6.62. The minimum Gasteiger partial charge on any atom is -0.399 e. The summed E-state index contributed by atoms with van der Waals surface area (Å²) in [6, 6.07) is 1.81. The second-order valence-electron chi connectivity index (χ2n) is 5.43. The maximum Gasteiger partial charge on any atom is 0.496 e. The summed E-state index contributed by atoms with van der Waals surface area (Å²) in [5, 5.41) is 0.553. The number of nitrogens with zero attached hydrogens (tertiary/aromatic N) is 1. The van der Waals surface area contributed by atoms with Gasteiger partial charge in [-0.25, -0.2) is 0 Å². The summed E-state index contributed by atoms with van der Waals surface area (Å²) in [5.74, 6) is 0. The first-order valence-corrected chi connectivity index (χ1v) is 6.28. The SMILES string of the molecule is C=Cc1ncc(B2OC(C)(C)C(C)(C)O2)cc1Cl. The molecule has 5 heteroatoms. The van der Waals surface area contributed by atoms with E-state index in [1.54, 1.807) is 12.3 Å². The Morgan fingerprint density at radius 1 is 1.28 bits per heavy atom. The average molecular weight is 266 g/mol. The molecule has 1 aromatic rings.